The Morgan fingerprint density at radius 3 is 2.59 bits per heavy atom. The average Bonchev–Trinajstić information content (AvgIpc) is 3.12. The Labute approximate surface area is 208 Å². The summed E-state index contributed by atoms with van der Waals surface area (Å²) in [7, 11) is 0. The van der Waals surface area contributed by atoms with Gasteiger partial charge in [-0.1, -0.05) is 66.1 Å². The van der Waals surface area contributed by atoms with E-state index in [1.807, 2.05) is 24.3 Å². The molecule has 0 aromatic heterocycles. The fourth-order valence-electron chi connectivity index (χ4n) is 4.38. The minimum absolute atomic E-state index is 0.149. The van der Waals surface area contributed by atoms with Gasteiger partial charge in [-0.3, -0.25) is 4.79 Å². The smallest absolute Gasteiger partial charge is 0.306 e. The van der Waals surface area contributed by atoms with E-state index in [0.717, 1.165) is 23.3 Å². The summed E-state index contributed by atoms with van der Waals surface area (Å²) < 4.78 is 5.54. The molecule has 0 bridgehead atoms. The van der Waals surface area contributed by atoms with Crippen LogP contribution in [0, 0.1) is 11.3 Å². The lowest BCUT2D eigenvalue weighted by molar-refractivity contribution is -0.145. The number of anilines is 1. The van der Waals surface area contributed by atoms with Gasteiger partial charge in [0, 0.05) is 17.0 Å². The van der Waals surface area contributed by atoms with Crippen molar-refractivity contribution in [3.63, 3.8) is 0 Å². The lowest BCUT2D eigenvalue weighted by Crippen LogP contribution is -2.37. The van der Waals surface area contributed by atoms with E-state index in [9.17, 15) is 9.90 Å². The molecule has 0 radical (unpaired) electrons. The first kappa shape index (κ1) is 26.3. The number of benzene rings is 1. The Kier molecular flexibility index (Phi) is 7.83. The summed E-state index contributed by atoms with van der Waals surface area (Å²) in [6.07, 6.45) is 7.33. The number of carbonyl (C=O) groups is 1. The van der Waals surface area contributed by atoms with Gasteiger partial charge in [-0.25, -0.2) is 0 Å². The van der Waals surface area contributed by atoms with Crippen LogP contribution in [0.25, 0.3) is 0 Å². The summed E-state index contributed by atoms with van der Waals surface area (Å²) in [5.74, 6) is 0.282. The number of hydrazone groups is 1. The van der Waals surface area contributed by atoms with Crippen molar-refractivity contribution in [1.29, 1.82) is 0 Å². The van der Waals surface area contributed by atoms with Gasteiger partial charge in [0.05, 0.1) is 18.4 Å². The fourth-order valence-corrected chi connectivity index (χ4v) is 4.57. The molecular formula is C27H38ClN3O3. The highest BCUT2D eigenvalue weighted by molar-refractivity contribution is 6.32. The zero-order chi connectivity index (χ0) is 25.3. The molecule has 34 heavy (non-hydrogen) atoms. The molecule has 2 unspecified atom stereocenters. The second kappa shape index (κ2) is 10.1. The predicted octanol–water partition coefficient (Wildman–Crippen LogP) is 5.98. The molecule has 1 aromatic rings. The first-order valence-corrected chi connectivity index (χ1v) is 12.3. The lowest BCUT2D eigenvalue weighted by atomic mass is 9.84. The lowest BCUT2D eigenvalue weighted by Gasteiger charge is -2.26. The van der Waals surface area contributed by atoms with Crippen molar-refractivity contribution in [3.8, 4) is 5.75 Å². The molecule has 0 spiro atoms. The highest BCUT2D eigenvalue weighted by atomic mass is 35.5. The number of aryl methyl sites for hydroxylation is 1. The van der Waals surface area contributed by atoms with E-state index in [2.05, 4.69) is 59.0 Å². The molecular weight excluding hydrogens is 450 g/mol. The third-order valence-corrected chi connectivity index (χ3v) is 6.08. The first-order valence-electron chi connectivity index (χ1n) is 11.9. The van der Waals surface area contributed by atoms with Crippen LogP contribution in [0.5, 0.6) is 5.75 Å². The third kappa shape index (κ3) is 6.86. The quantitative estimate of drug-likeness (QED) is 0.463. The number of nitrogens with zero attached hydrogens (tertiary/aromatic N) is 2. The number of fused-ring (bicyclic) bond motifs is 1. The summed E-state index contributed by atoms with van der Waals surface area (Å²) in [4.78, 5) is 12.4. The van der Waals surface area contributed by atoms with Crippen molar-refractivity contribution in [2.45, 2.75) is 79.2 Å². The van der Waals surface area contributed by atoms with E-state index in [1.165, 1.54) is 0 Å². The van der Waals surface area contributed by atoms with Crippen LogP contribution in [-0.4, -0.2) is 29.4 Å². The SMILES string of the molecule is CC(COC(=O)CCc1cc(N2N=C3C=CC(Cl)=CC3N2)c(O)c(C(C)(C)C)c1)CC(C)(C)C. The van der Waals surface area contributed by atoms with Crippen LogP contribution in [0.4, 0.5) is 5.69 Å². The Morgan fingerprint density at radius 1 is 1.24 bits per heavy atom. The monoisotopic (exact) mass is 487 g/mol. The van der Waals surface area contributed by atoms with Gasteiger partial charge in [0.2, 0.25) is 0 Å². The van der Waals surface area contributed by atoms with Gasteiger partial charge in [-0.05, 0) is 59.4 Å². The standard InChI is InChI=1S/C27H38ClN3O3/c1-17(15-26(2,3)4)16-34-24(32)11-8-18-12-20(27(5,6)7)25(33)23(13-18)31-29-21-10-9-19(28)14-22(21)30-31/h9-10,12-14,17,22,30,33H,8,11,15-16H2,1-7H3. The summed E-state index contributed by atoms with van der Waals surface area (Å²) in [6.45, 7) is 15.3. The van der Waals surface area contributed by atoms with Crippen molar-refractivity contribution < 1.29 is 14.6 Å². The Balaban J connectivity index is 1.74. The number of esters is 1. The normalized spacial score (nSPS) is 18.9. The van der Waals surface area contributed by atoms with Crippen LogP contribution < -0.4 is 10.5 Å². The number of aromatic hydroxyl groups is 1. The van der Waals surface area contributed by atoms with Crippen LogP contribution in [0.2, 0.25) is 0 Å². The summed E-state index contributed by atoms with van der Waals surface area (Å²) in [5.41, 5.74) is 6.30. The molecule has 6 nitrogen and oxygen atoms in total. The maximum Gasteiger partial charge on any atom is 0.306 e. The predicted molar refractivity (Wildman–Crippen MR) is 139 cm³/mol. The maximum atomic E-state index is 12.4. The molecule has 2 atom stereocenters. The number of hydrazine groups is 1. The number of nitrogens with one attached hydrogen (secondary N) is 1. The molecule has 1 aromatic carbocycles. The Morgan fingerprint density at radius 2 is 1.94 bits per heavy atom. The van der Waals surface area contributed by atoms with Crippen molar-refractivity contribution in [2.24, 2.45) is 16.4 Å². The fraction of sp³-hybridized carbons (Fsp3) is 0.556. The van der Waals surface area contributed by atoms with E-state index >= 15 is 0 Å². The van der Waals surface area contributed by atoms with Crippen LogP contribution in [0.1, 0.15) is 72.4 Å². The molecule has 1 aliphatic carbocycles. The van der Waals surface area contributed by atoms with Gasteiger partial charge in [0.15, 0.2) is 0 Å². The number of rotatable bonds is 7. The number of carbonyl (C=O) groups excluding carboxylic acids is 1. The molecule has 186 valence electrons. The third-order valence-electron chi connectivity index (χ3n) is 5.83. The van der Waals surface area contributed by atoms with Gasteiger partial charge in [0.25, 0.3) is 0 Å². The molecule has 7 heteroatoms. The molecule has 3 rings (SSSR count). The number of phenolic OH excluding ortho intramolecular Hbond substituents is 1. The van der Waals surface area contributed by atoms with Crippen LogP contribution in [0.3, 0.4) is 0 Å². The molecule has 0 amide bonds. The highest BCUT2D eigenvalue weighted by Gasteiger charge is 2.30. The second-order valence-electron chi connectivity index (χ2n) is 11.6. The molecule has 0 saturated heterocycles. The highest BCUT2D eigenvalue weighted by Crippen LogP contribution is 2.40. The van der Waals surface area contributed by atoms with Crippen molar-refractivity contribution in [1.82, 2.24) is 5.43 Å². The molecule has 1 aliphatic heterocycles. The van der Waals surface area contributed by atoms with E-state index < -0.39 is 0 Å². The van der Waals surface area contributed by atoms with Crippen molar-refractivity contribution >= 4 is 29.0 Å². The van der Waals surface area contributed by atoms with Gasteiger partial charge < -0.3 is 9.84 Å². The van der Waals surface area contributed by atoms with Gasteiger partial charge in [0.1, 0.15) is 11.4 Å². The zero-order valence-electron chi connectivity index (χ0n) is 21.4. The maximum absolute atomic E-state index is 12.4. The Bertz CT molecular complexity index is 1020. The zero-order valence-corrected chi connectivity index (χ0v) is 22.2. The number of allylic oxidation sites excluding steroid dienone is 2. The van der Waals surface area contributed by atoms with Gasteiger partial charge in [-0.2, -0.15) is 15.6 Å². The van der Waals surface area contributed by atoms with E-state index in [1.54, 1.807) is 11.2 Å². The van der Waals surface area contributed by atoms with Crippen molar-refractivity contribution in [2.75, 3.05) is 11.7 Å². The van der Waals surface area contributed by atoms with Crippen LogP contribution in [-0.2, 0) is 21.4 Å². The number of halogens is 1. The van der Waals surface area contributed by atoms with Gasteiger partial charge in [-0.15, -0.1) is 0 Å². The molecule has 0 fully saturated rings. The molecule has 2 N–H and O–H groups in total. The van der Waals surface area contributed by atoms with Crippen LogP contribution >= 0.6 is 11.6 Å². The topological polar surface area (TPSA) is 74.2 Å². The van der Waals surface area contributed by atoms with E-state index in [4.69, 9.17) is 16.3 Å². The molecule has 0 saturated carbocycles. The minimum Gasteiger partial charge on any atom is -0.505 e. The summed E-state index contributed by atoms with van der Waals surface area (Å²) in [6, 6.07) is 3.70. The van der Waals surface area contributed by atoms with E-state index in [0.29, 0.717) is 29.7 Å². The average molecular weight is 488 g/mol. The van der Waals surface area contributed by atoms with Gasteiger partial charge >= 0.3 is 5.97 Å². The molecule has 1 heterocycles. The van der Waals surface area contributed by atoms with E-state index in [-0.39, 0.29) is 35.0 Å². The van der Waals surface area contributed by atoms with Crippen LogP contribution in [0.15, 0.2) is 40.5 Å². The summed E-state index contributed by atoms with van der Waals surface area (Å²) in [5, 5.41) is 18.0. The second-order valence-corrected chi connectivity index (χ2v) is 12.1. The number of hydrogen-bond acceptors (Lipinski definition) is 6. The first-order chi connectivity index (χ1) is 15.7. The minimum atomic E-state index is -0.291. The number of hydrogen-bond donors (Lipinski definition) is 2. The molecule has 2 aliphatic rings. The Hall–Kier alpha value is -2.31. The summed E-state index contributed by atoms with van der Waals surface area (Å²) >= 11 is 6.13. The number of phenols is 1. The number of ether oxygens (including phenoxy) is 1. The van der Waals surface area contributed by atoms with Crippen molar-refractivity contribution in [3.05, 3.63) is 46.5 Å². The largest absolute Gasteiger partial charge is 0.505 e.